The van der Waals surface area contributed by atoms with Gasteiger partial charge in [-0.05, 0) is 61.6 Å². The molecule has 3 aromatic carbocycles. The van der Waals surface area contributed by atoms with Gasteiger partial charge in [0.05, 0.1) is 0 Å². The van der Waals surface area contributed by atoms with Crippen molar-refractivity contribution in [3.05, 3.63) is 102 Å². The maximum absolute atomic E-state index is 13.3. The van der Waals surface area contributed by atoms with Gasteiger partial charge >= 0.3 is 0 Å². The van der Waals surface area contributed by atoms with Gasteiger partial charge in [-0.3, -0.25) is 14.4 Å². The Bertz CT molecular complexity index is 1170. The number of amides is 3. The van der Waals surface area contributed by atoms with Crippen LogP contribution in [0.4, 0.5) is 5.69 Å². The minimum Gasteiger partial charge on any atom is -0.349 e. The van der Waals surface area contributed by atoms with Crippen molar-refractivity contribution in [1.29, 1.82) is 0 Å². The normalized spacial score (nSPS) is 12.3. The largest absolute Gasteiger partial charge is 0.349 e. The van der Waals surface area contributed by atoms with Gasteiger partial charge < -0.3 is 15.5 Å². The zero-order chi connectivity index (χ0) is 27.3. The molecule has 0 saturated carbocycles. The summed E-state index contributed by atoms with van der Waals surface area (Å²) in [5.41, 5.74) is 2.76. The molecule has 0 aliphatic rings. The maximum atomic E-state index is 13.3. The van der Waals surface area contributed by atoms with Gasteiger partial charge in [0.2, 0.25) is 5.91 Å². The Hall–Kier alpha value is -3.93. The summed E-state index contributed by atoms with van der Waals surface area (Å²) in [6.45, 7) is 7.34. The first-order valence-corrected chi connectivity index (χ1v) is 13.5. The highest BCUT2D eigenvalue weighted by Crippen LogP contribution is 2.17. The summed E-state index contributed by atoms with van der Waals surface area (Å²) in [5, 5.41) is 6.09. The predicted octanol–water partition coefficient (Wildman–Crippen LogP) is 5.95. The third kappa shape index (κ3) is 8.58. The topological polar surface area (TPSA) is 78.5 Å². The molecule has 3 aromatic rings. The summed E-state index contributed by atoms with van der Waals surface area (Å²) in [7, 11) is 0. The summed E-state index contributed by atoms with van der Waals surface area (Å²) >= 11 is 0. The second kappa shape index (κ2) is 14.7. The van der Waals surface area contributed by atoms with Gasteiger partial charge in [-0.25, -0.2) is 0 Å². The monoisotopic (exact) mass is 513 g/mol. The van der Waals surface area contributed by atoms with Crippen molar-refractivity contribution in [2.75, 3.05) is 18.4 Å². The van der Waals surface area contributed by atoms with Crippen molar-refractivity contribution in [2.45, 2.75) is 52.5 Å². The maximum Gasteiger partial charge on any atom is 0.253 e. The first kappa shape index (κ1) is 28.6. The van der Waals surface area contributed by atoms with Gasteiger partial charge in [-0.1, -0.05) is 75.4 Å². The molecule has 0 aliphatic heterocycles. The molecule has 0 spiro atoms. The molecule has 0 saturated heterocycles. The Morgan fingerprint density at radius 1 is 0.789 bits per heavy atom. The highest BCUT2D eigenvalue weighted by molar-refractivity contribution is 6.00. The Labute approximate surface area is 226 Å². The average Bonchev–Trinajstić information content (AvgIpc) is 2.93. The molecule has 0 radical (unpaired) electrons. The number of benzene rings is 3. The van der Waals surface area contributed by atoms with Crippen LogP contribution in [-0.2, 0) is 11.2 Å². The van der Waals surface area contributed by atoms with Crippen molar-refractivity contribution in [3.63, 3.8) is 0 Å². The van der Waals surface area contributed by atoms with Crippen LogP contribution in [0.15, 0.2) is 84.9 Å². The van der Waals surface area contributed by atoms with Crippen LogP contribution in [-0.4, -0.2) is 41.8 Å². The molecule has 3 rings (SSSR count). The SMILES string of the molecule is CCCN(CCC)C(=O)c1cccc(C(=O)N[C@@H](Cc2ccccc2)C[C@H](C)C(=O)Nc2ccccc2)c1. The lowest BCUT2D eigenvalue weighted by Gasteiger charge is -2.23. The Kier molecular flexibility index (Phi) is 11.1. The van der Waals surface area contributed by atoms with Crippen LogP contribution in [0.1, 0.15) is 66.3 Å². The van der Waals surface area contributed by atoms with E-state index >= 15 is 0 Å². The van der Waals surface area contributed by atoms with Crippen LogP contribution in [0.2, 0.25) is 0 Å². The summed E-state index contributed by atoms with van der Waals surface area (Å²) in [4.78, 5) is 41.1. The fraction of sp³-hybridized carbons (Fsp3) is 0.344. The summed E-state index contributed by atoms with van der Waals surface area (Å²) in [5.74, 6) is -0.735. The molecule has 6 heteroatoms. The zero-order valence-corrected chi connectivity index (χ0v) is 22.7. The van der Waals surface area contributed by atoms with E-state index in [-0.39, 0.29) is 29.7 Å². The molecule has 38 heavy (non-hydrogen) atoms. The second-order valence-electron chi connectivity index (χ2n) is 9.73. The van der Waals surface area contributed by atoms with Crippen molar-refractivity contribution >= 4 is 23.4 Å². The van der Waals surface area contributed by atoms with E-state index in [1.54, 1.807) is 24.3 Å². The Morgan fingerprint density at radius 2 is 1.39 bits per heavy atom. The summed E-state index contributed by atoms with van der Waals surface area (Å²) in [6.07, 6.45) is 2.82. The molecule has 0 heterocycles. The van der Waals surface area contributed by atoms with E-state index in [9.17, 15) is 14.4 Å². The molecule has 0 bridgehead atoms. The Morgan fingerprint density at radius 3 is 2.03 bits per heavy atom. The zero-order valence-electron chi connectivity index (χ0n) is 22.7. The highest BCUT2D eigenvalue weighted by Gasteiger charge is 2.23. The van der Waals surface area contributed by atoms with Gasteiger partial charge in [0, 0.05) is 41.9 Å². The first-order chi connectivity index (χ1) is 18.4. The van der Waals surface area contributed by atoms with Crippen LogP contribution in [0.5, 0.6) is 0 Å². The molecule has 6 nitrogen and oxygen atoms in total. The number of para-hydroxylation sites is 1. The average molecular weight is 514 g/mol. The number of carbonyl (C=O) groups is 3. The van der Waals surface area contributed by atoms with Crippen LogP contribution < -0.4 is 10.6 Å². The third-order valence-corrected chi connectivity index (χ3v) is 6.43. The fourth-order valence-electron chi connectivity index (χ4n) is 4.51. The number of nitrogens with one attached hydrogen (secondary N) is 2. The van der Waals surface area contributed by atoms with Crippen molar-refractivity contribution in [3.8, 4) is 0 Å². The number of hydrogen-bond acceptors (Lipinski definition) is 3. The van der Waals surface area contributed by atoms with Gasteiger partial charge in [0.1, 0.15) is 0 Å². The van der Waals surface area contributed by atoms with E-state index in [4.69, 9.17) is 0 Å². The number of rotatable bonds is 13. The number of carbonyl (C=O) groups excluding carboxylic acids is 3. The van der Waals surface area contributed by atoms with E-state index < -0.39 is 0 Å². The second-order valence-corrected chi connectivity index (χ2v) is 9.73. The molecule has 0 aromatic heterocycles. The van der Waals surface area contributed by atoms with Gasteiger partial charge in [-0.2, -0.15) is 0 Å². The lowest BCUT2D eigenvalue weighted by Crippen LogP contribution is -2.39. The molecule has 0 aliphatic carbocycles. The standard InChI is InChI=1S/C32H39N3O3/c1-4-19-35(20-5-2)32(38)27-16-12-15-26(23-27)31(37)34-29(22-25-13-8-6-9-14-25)21-24(3)30(36)33-28-17-10-7-11-18-28/h6-18,23-24,29H,4-5,19-22H2,1-3H3,(H,33,36)(H,34,37)/t24-,29+/m0/s1. The number of anilines is 1. The molecule has 0 fully saturated rings. The van der Waals surface area contributed by atoms with E-state index in [0.717, 1.165) is 24.1 Å². The molecule has 2 atom stereocenters. The molecular weight excluding hydrogens is 474 g/mol. The van der Waals surface area contributed by atoms with Crippen LogP contribution in [0, 0.1) is 5.92 Å². The fourth-order valence-corrected chi connectivity index (χ4v) is 4.51. The first-order valence-electron chi connectivity index (χ1n) is 13.5. The van der Waals surface area contributed by atoms with Crippen molar-refractivity contribution in [2.24, 2.45) is 5.92 Å². The minimum atomic E-state index is -0.325. The summed E-state index contributed by atoms with van der Waals surface area (Å²) in [6, 6.07) is 25.9. The van der Waals surface area contributed by atoms with Crippen LogP contribution in [0.25, 0.3) is 0 Å². The van der Waals surface area contributed by atoms with Gasteiger partial charge in [0.25, 0.3) is 11.8 Å². The van der Waals surface area contributed by atoms with E-state index in [0.29, 0.717) is 37.1 Å². The quantitative estimate of drug-likeness (QED) is 0.296. The molecule has 2 N–H and O–H groups in total. The minimum absolute atomic E-state index is 0.0598. The van der Waals surface area contributed by atoms with Crippen LogP contribution in [0.3, 0.4) is 0 Å². The van der Waals surface area contributed by atoms with Crippen LogP contribution >= 0.6 is 0 Å². The number of nitrogens with zero attached hydrogens (tertiary/aromatic N) is 1. The highest BCUT2D eigenvalue weighted by atomic mass is 16.2. The lowest BCUT2D eigenvalue weighted by atomic mass is 9.95. The molecular formula is C32H39N3O3. The van der Waals surface area contributed by atoms with E-state index in [1.165, 1.54) is 0 Å². The van der Waals surface area contributed by atoms with E-state index in [2.05, 4.69) is 10.6 Å². The Balaban J connectivity index is 1.74. The molecule has 0 unspecified atom stereocenters. The molecule has 200 valence electrons. The van der Waals surface area contributed by atoms with Gasteiger partial charge in [-0.15, -0.1) is 0 Å². The van der Waals surface area contributed by atoms with E-state index in [1.807, 2.05) is 86.3 Å². The summed E-state index contributed by atoms with van der Waals surface area (Å²) < 4.78 is 0. The van der Waals surface area contributed by atoms with Crippen molar-refractivity contribution < 1.29 is 14.4 Å². The lowest BCUT2D eigenvalue weighted by molar-refractivity contribution is -0.119. The predicted molar refractivity (Wildman–Crippen MR) is 153 cm³/mol. The number of hydrogen-bond donors (Lipinski definition) is 2. The smallest absolute Gasteiger partial charge is 0.253 e. The van der Waals surface area contributed by atoms with Crippen molar-refractivity contribution in [1.82, 2.24) is 10.2 Å². The van der Waals surface area contributed by atoms with Gasteiger partial charge in [0.15, 0.2) is 0 Å². The third-order valence-electron chi connectivity index (χ3n) is 6.43. The molecule has 3 amide bonds.